The molecule has 134 valence electrons. The number of anilines is 1. The van der Waals surface area contributed by atoms with E-state index in [9.17, 15) is 4.79 Å². The van der Waals surface area contributed by atoms with E-state index in [1.165, 1.54) is 23.4 Å². The van der Waals surface area contributed by atoms with E-state index >= 15 is 0 Å². The molecule has 25 heavy (non-hydrogen) atoms. The number of aromatic nitrogens is 2. The Balaban J connectivity index is 1.30. The summed E-state index contributed by atoms with van der Waals surface area (Å²) in [6.45, 7) is 3.67. The van der Waals surface area contributed by atoms with Crippen molar-refractivity contribution in [2.75, 3.05) is 31.2 Å². The van der Waals surface area contributed by atoms with Crippen LogP contribution in [0.2, 0.25) is 0 Å². The van der Waals surface area contributed by atoms with Gasteiger partial charge in [-0.3, -0.25) is 4.79 Å². The predicted octanol–water partition coefficient (Wildman–Crippen LogP) is 3.75. The van der Waals surface area contributed by atoms with Crippen molar-refractivity contribution in [3.63, 3.8) is 0 Å². The molecular formula is C19H25N3O2S. The van der Waals surface area contributed by atoms with E-state index in [1.54, 1.807) is 18.5 Å². The molecular weight excluding hydrogens is 334 g/mol. The van der Waals surface area contributed by atoms with Crippen molar-refractivity contribution >= 4 is 22.1 Å². The average Bonchev–Trinajstić information content (AvgIpc) is 3.15. The van der Waals surface area contributed by atoms with Crippen LogP contribution in [0.5, 0.6) is 0 Å². The van der Waals surface area contributed by atoms with Gasteiger partial charge in [-0.2, -0.15) is 10.2 Å². The van der Waals surface area contributed by atoms with Gasteiger partial charge >= 0.3 is 0 Å². The first-order valence-electron chi connectivity index (χ1n) is 9.03. The standard InChI is InChI=1S/C19H25N3O2S/c23-18(17-7-8-20-21-14-17)6-4-2-1-3-5-16-13-19(25-15-16)22-9-11-24-12-10-22/h7-8,13-15H,1-6,9-12H2. The normalized spacial score (nSPS) is 14.6. The van der Waals surface area contributed by atoms with Crippen LogP contribution in [-0.2, 0) is 11.2 Å². The number of ether oxygens (including phenoxy) is 1. The molecule has 3 rings (SSSR count). The number of aryl methyl sites for hydroxylation is 1. The third-order valence-corrected chi connectivity index (χ3v) is 5.53. The Morgan fingerprint density at radius 2 is 2.00 bits per heavy atom. The van der Waals surface area contributed by atoms with E-state index in [0.29, 0.717) is 12.0 Å². The molecule has 2 aromatic heterocycles. The van der Waals surface area contributed by atoms with Crippen molar-refractivity contribution in [3.8, 4) is 0 Å². The molecule has 2 aromatic rings. The Labute approximate surface area is 153 Å². The number of hydrogen-bond donors (Lipinski definition) is 0. The topological polar surface area (TPSA) is 55.3 Å². The fraction of sp³-hybridized carbons (Fsp3) is 0.526. The highest BCUT2D eigenvalue weighted by molar-refractivity contribution is 7.14. The lowest BCUT2D eigenvalue weighted by Crippen LogP contribution is -2.35. The monoisotopic (exact) mass is 359 g/mol. The predicted molar refractivity (Wildman–Crippen MR) is 101 cm³/mol. The molecule has 0 unspecified atom stereocenters. The fourth-order valence-electron chi connectivity index (χ4n) is 3.01. The van der Waals surface area contributed by atoms with E-state index in [-0.39, 0.29) is 5.78 Å². The molecule has 3 heterocycles. The summed E-state index contributed by atoms with van der Waals surface area (Å²) in [6, 6.07) is 4.06. The van der Waals surface area contributed by atoms with E-state index < -0.39 is 0 Å². The first-order chi connectivity index (χ1) is 12.3. The fourth-order valence-corrected chi connectivity index (χ4v) is 4.02. The smallest absolute Gasteiger partial charge is 0.164 e. The summed E-state index contributed by atoms with van der Waals surface area (Å²) in [5, 5.41) is 11.1. The zero-order valence-corrected chi connectivity index (χ0v) is 15.3. The van der Waals surface area contributed by atoms with Gasteiger partial charge in [0.05, 0.1) is 30.6 Å². The van der Waals surface area contributed by atoms with Crippen LogP contribution in [0.1, 0.15) is 48.0 Å². The summed E-state index contributed by atoms with van der Waals surface area (Å²) < 4.78 is 5.41. The lowest BCUT2D eigenvalue weighted by molar-refractivity contribution is 0.0978. The van der Waals surface area contributed by atoms with E-state index in [1.807, 2.05) is 11.3 Å². The third-order valence-electron chi connectivity index (χ3n) is 4.49. The summed E-state index contributed by atoms with van der Waals surface area (Å²) in [4.78, 5) is 14.4. The minimum atomic E-state index is 0.169. The van der Waals surface area contributed by atoms with E-state index in [2.05, 4.69) is 26.5 Å². The summed E-state index contributed by atoms with van der Waals surface area (Å²) in [5.74, 6) is 0.169. The molecule has 0 spiro atoms. The van der Waals surface area contributed by atoms with Crippen LogP contribution in [0.4, 0.5) is 5.00 Å². The maximum Gasteiger partial charge on any atom is 0.164 e. The largest absolute Gasteiger partial charge is 0.378 e. The SMILES string of the molecule is O=C(CCCCCCc1csc(N2CCOCC2)c1)c1ccnnc1. The number of carbonyl (C=O) groups excluding carboxylic acids is 1. The lowest BCUT2D eigenvalue weighted by Gasteiger charge is -2.27. The van der Waals surface area contributed by atoms with Gasteiger partial charge in [-0.1, -0.05) is 12.8 Å². The van der Waals surface area contributed by atoms with Crippen LogP contribution < -0.4 is 4.90 Å². The summed E-state index contributed by atoms with van der Waals surface area (Å²) in [5.41, 5.74) is 2.11. The number of carbonyl (C=O) groups is 1. The van der Waals surface area contributed by atoms with Gasteiger partial charge in [-0.05, 0) is 42.3 Å². The van der Waals surface area contributed by atoms with E-state index in [4.69, 9.17) is 4.74 Å². The van der Waals surface area contributed by atoms with Crippen LogP contribution in [0, 0.1) is 0 Å². The Hall–Kier alpha value is -1.79. The number of hydrogen-bond acceptors (Lipinski definition) is 6. The van der Waals surface area contributed by atoms with Crippen molar-refractivity contribution in [2.24, 2.45) is 0 Å². The van der Waals surface area contributed by atoms with Crippen LogP contribution in [0.25, 0.3) is 0 Å². The van der Waals surface area contributed by atoms with Crippen LogP contribution >= 0.6 is 11.3 Å². The highest BCUT2D eigenvalue weighted by Gasteiger charge is 2.13. The van der Waals surface area contributed by atoms with E-state index in [0.717, 1.165) is 45.6 Å². The zero-order valence-electron chi connectivity index (χ0n) is 14.5. The van der Waals surface area contributed by atoms with Gasteiger partial charge in [0, 0.05) is 25.1 Å². The highest BCUT2D eigenvalue weighted by atomic mass is 32.1. The van der Waals surface area contributed by atoms with Gasteiger partial charge in [-0.15, -0.1) is 11.3 Å². The molecule has 0 bridgehead atoms. The van der Waals surface area contributed by atoms with Gasteiger partial charge < -0.3 is 9.64 Å². The van der Waals surface area contributed by atoms with Crippen LogP contribution in [0.15, 0.2) is 29.9 Å². The maximum atomic E-state index is 12.0. The highest BCUT2D eigenvalue weighted by Crippen LogP contribution is 2.26. The second kappa shape index (κ2) is 9.63. The van der Waals surface area contributed by atoms with Gasteiger partial charge in [-0.25, -0.2) is 0 Å². The first-order valence-corrected chi connectivity index (χ1v) is 9.91. The number of Topliss-reactive ketones (excluding diaryl/α,β-unsaturated/α-hetero) is 1. The molecule has 1 fully saturated rings. The van der Waals surface area contributed by atoms with Crippen molar-refractivity contribution in [1.29, 1.82) is 0 Å². The molecule has 0 amide bonds. The first kappa shape index (κ1) is 18.0. The number of morpholine rings is 1. The summed E-state index contributed by atoms with van der Waals surface area (Å²) in [6.07, 6.45) is 9.25. The number of nitrogens with zero attached hydrogens (tertiary/aromatic N) is 3. The van der Waals surface area contributed by atoms with Crippen molar-refractivity contribution in [2.45, 2.75) is 38.5 Å². The van der Waals surface area contributed by atoms with Crippen molar-refractivity contribution < 1.29 is 9.53 Å². The second-order valence-electron chi connectivity index (χ2n) is 6.36. The Morgan fingerprint density at radius 3 is 2.80 bits per heavy atom. The van der Waals surface area contributed by atoms with Gasteiger partial charge in [0.1, 0.15) is 0 Å². The van der Waals surface area contributed by atoms with Crippen molar-refractivity contribution in [1.82, 2.24) is 10.2 Å². The molecule has 1 saturated heterocycles. The quantitative estimate of drug-likeness (QED) is 0.504. The minimum Gasteiger partial charge on any atom is -0.378 e. The van der Waals surface area contributed by atoms with Crippen LogP contribution in [-0.4, -0.2) is 42.3 Å². The van der Waals surface area contributed by atoms with Gasteiger partial charge in [0.15, 0.2) is 5.78 Å². The molecule has 0 atom stereocenters. The van der Waals surface area contributed by atoms with Gasteiger partial charge in [0.25, 0.3) is 0 Å². The number of rotatable bonds is 9. The summed E-state index contributed by atoms with van der Waals surface area (Å²) in [7, 11) is 0. The summed E-state index contributed by atoms with van der Waals surface area (Å²) >= 11 is 1.84. The molecule has 0 N–H and O–H groups in total. The number of unbranched alkanes of at least 4 members (excludes halogenated alkanes) is 3. The Bertz CT molecular complexity index is 654. The molecule has 1 aliphatic rings. The molecule has 0 radical (unpaired) electrons. The molecule has 5 nitrogen and oxygen atoms in total. The minimum absolute atomic E-state index is 0.169. The number of thiophene rings is 1. The molecule has 6 heteroatoms. The Morgan fingerprint density at radius 1 is 1.16 bits per heavy atom. The lowest BCUT2D eigenvalue weighted by atomic mass is 10.0. The molecule has 0 saturated carbocycles. The number of ketones is 1. The molecule has 0 aliphatic carbocycles. The third kappa shape index (κ3) is 5.61. The second-order valence-corrected chi connectivity index (χ2v) is 7.25. The average molecular weight is 359 g/mol. The maximum absolute atomic E-state index is 12.0. The van der Waals surface area contributed by atoms with Crippen LogP contribution in [0.3, 0.4) is 0 Å². The zero-order chi connectivity index (χ0) is 17.3. The molecule has 1 aliphatic heterocycles. The van der Waals surface area contributed by atoms with Gasteiger partial charge in [0.2, 0.25) is 0 Å². The Kier molecular flexibility index (Phi) is 6.94. The molecule has 0 aromatic carbocycles. The van der Waals surface area contributed by atoms with Crippen molar-refractivity contribution in [3.05, 3.63) is 41.0 Å².